The average molecular weight is 493 g/mol. The van der Waals surface area contributed by atoms with Crippen LogP contribution >= 0.6 is 0 Å². The van der Waals surface area contributed by atoms with Gasteiger partial charge in [-0.25, -0.2) is 4.79 Å². The second-order valence-corrected chi connectivity index (χ2v) is 7.78. The summed E-state index contributed by atoms with van der Waals surface area (Å²) in [6, 6.07) is 16.5. The molecule has 0 unspecified atom stereocenters. The van der Waals surface area contributed by atoms with Gasteiger partial charge in [-0.1, -0.05) is 36.4 Å². The van der Waals surface area contributed by atoms with Gasteiger partial charge in [0.2, 0.25) is 0 Å². The number of fused-ring (bicyclic) bond motifs is 1. The number of hydrogen-bond donors (Lipinski definition) is 1. The summed E-state index contributed by atoms with van der Waals surface area (Å²) in [4.78, 5) is 11.8. The summed E-state index contributed by atoms with van der Waals surface area (Å²) in [6.45, 7) is -0.346. The van der Waals surface area contributed by atoms with Gasteiger partial charge in [-0.15, -0.1) is 0 Å². The fourth-order valence-corrected chi connectivity index (χ4v) is 3.75. The predicted octanol–water partition coefficient (Wildman–Crippen LogP) is 7.00. The van der Waals surface area contributed by atoms with Gasteiger partial charge in [0.25, 0.3) is 0 Å². The second-order valence-electron chi connectivity index (χ2n) is 7.78. The lowest BCUT2D eigenvalue weighted by atomic mass is 10.0. The Kier molecular flexibility index (Phi) is 6.23. The standard InChI is InChI=1S/C25H17F6NO3/c26-24(27,28)18-7-6-16(20(12-18)25(29,30)31)13-32-21-9-8-19(10-17(21)11-22(32)23(33)34)35-14-15-4-2-1-3-5-15/h1-12H,13-14H2,(H,33,34). The summed E-state index contributed by atoms with van der Waals surface area (Å²) in [5, 5.41) is 10.0. The number of alkyl halides is 6. The van der Waals surface area contributed by atoms with E-state index in [1.807, 2.05) is 30.3 Å². The molecule has 0 atom stereocenters. The Balaban J connectivity index is 1.72. The van der Waals surface area contributed by atoms with Crippen molar-refractivity contribution >= 4 is 16.9 Å². The van der Waals surface area contributed by atoms with Gasteiger partial charge in [0, 0.05) is 17.4 Å². The largest absolute Gasteiger partial charge is 0.489 e. The highest BCUT2D eigenvalue weighted by Gasteiger charge is 2.38. The molecule has 4 nitrogen and oxygen atoms in total. The number of benzene rings is 3. The van der Waals surface area contributed by atoms with Crippen LogP contribution in [-0.2, 0) is 25.5 Å². The predicted molar refractivity (Wildman–Crippen MR) is 115 cm³/mol. The molecule has 0 aliphatic carbocycles. The van der Waals surface area contributed by atoms with Gasteiger partial charge in [0.05, 0.1) is 11.1 Å². The molecule has 0 aliphatic rings. The fraction of sp³-hybridized carbons (Fsp3) is 0.160. The molecule has 0 bridgehead atoms. The summed E-state index contributed by atoms with van der Waals surface area (Å²) >= 11 is 0. The zero-order valence-corrected chi connectivity index (χ0v) is 17.8. The lowest BCUT2D eigenvalue weighted by Crippen LogP contribution is -2.16. The minimum Gasteiger partial charge on any atom is -0.489 e. The first kappa shape index (κ1) is 24.2. The number of carboxylic acid groups (broad SMARTS) is 1. The molecule has 1 N–H and O–H groups in total. The maximum absolute atomic E-state index is 13.6. The molecular formula is C25H17F6NO3. The van der Waals surface area contributed by atoms with Gasteiger partial charge in [-0.3, -0.25) is 0 Å². The van der Waals surface area contributed by atoms with Crippen molar-refractivity contribution < 1.29 is 41.0 Å². The number of nitrogens with zero attached hydrogens (tertiary/aromatic N) is 1. The number of carbonyl (C=O) groups is 1. The van der Waals surface area contributed by atoms with Crippen LogP contribution in [0.2, 0.25) is 0 Å². The van der Waals surface area contributed by atoms with Crippen LogP contribution in [0.25, 0.3) is 10.9 Å². The van der Waals surface area contributed by atoms with Gasteiger partial charge in [0.1, 0.15) is 18.1 Å². The Morgan fingerprint density at radius 1 is 0.857 bits per heavy atom. The van der Waals surface area contributed by atoms with E-state index in [4.69, 9.17) is 4.74 Å². The van der Waals surface area contributed by atoms with Crippen LogP contribution < -0.4 is 4.74 Å². The molecule has 4 rings (SSSR count). The Bertz CT molecular complexity index is 1370. The van der Waals surface area contributed by atoms with Gasteiger partial charge in [0.15, 0.2) is 0 Å². The number of halogens is 6. The summed E-state index contributed by atoms with van der Waals surface area (Å²) < 4.78 is 86.6. The zero-order valence-electron chi connectivity index (χ0n) is 17.8. The lowest BCUT2D eigenvalue weighted by molar-refractivity contribution is -0.143. The summed E-state index contributed by atoms with van der Waals surface area (Å²) in [7, 11) is 0. The normalized spacial score (nSPS) is 12.2. The quantitative estimate of drug-likeness (QED) is 0.294. The molecule has 0 saturated heterocycles. The first-order chi connectivity index (χ1) is 16.4. The topological polar surface area (TPSA) is 51.5 Å². The van der Waals surface area contributed by atoms with Crippen molar-refractivity contribution in [3.05, 3.63) is 101 Å². The van der Waals surface area contributed by atoms with Crippen LogP contribution in [0.3, 0.4) is 0 Å². The zero-order chi connectivity index (χ0) is 25.4. The van der Waals surface area contributed by atoms with Crippen molar-refractivity contribution in [2.24, 2.45) is 0 Å². The summed E-state index contributed by atoms with van der Waals surface area (Å²) in [5.74, 6) is -0.977. The molecule has 4 aromatic rings. The Morgan fingerprint density at radius 2 is 1.57 bits per heavy atom. The SMILES string of the molecule is O=C(O)c1cc2cc(OCc3ccccc3)ccc2n1Cc1ccc(C(F)(F)F)cc1C(F)(F)F. The van der Waals surface area contributed by atoms with Crippen LogP contribution in [0, 0.1) is 0 Å². The van der Waals surface area contributed by atoms with E-state index in [2.05, 4.69) is 0 Å². The van der Waals surface area contributed by atoms with Crippen LogP contribution in [0.4, 0.5) is 26.3 Å². The number of ether oxygens (including phenoxy) is 1. The van der Waals surface area contributed by atoms with Crippen LogP contribution in [0.1, 0.15) is 32.7 Å². The van der Waals surface area contributed by atoms with E-state index in [1.54, 1.807) is 12.1 Å². The highest BCUT2D eigenvalue weighted by Crippen LogP contribution is 2.38. The molecular weight excluding hydrogens is 476 g/mol. The molecule has 1 aromatic heterocycles. The number of hydrogen-bond acceptors (Lipinski definition) is 2. The third-order valence-corrected chi connectivity index (χ3v) is 5.41. The van der Waals surface area contributed by atoms with Crippen molar-refractivity contribution in [2.75, 3.05) is 0 Å². The van der Waals surface area contributed by atoms with E-state index in [1.165, 1.54) is 12.1 Å². The van der Waals surface area contributed by atoms with Crippen molar-refractivity contribution in [3.8, 4) is 5.75 Å². The number of rotatable bonds is 6. The second kappa shape index (κ2) is 9.01. The highest BCUT2D eigenvalue weighted by molar-refractivity contribution is 5.95. The minimum absolute atomic E-state index is 0.0387. The molecule has 3 aromatic carbocycles. The number of aromatic carboxylic acids is 1. The van der Waals surface area contributed by atoms with Crippen molar-refractivity contribution in [1.29, 1.82) is 0 Å². The third-order valence-electron chi connectivity index (χ3n) is 5.41. The molecule has 10 heteroatoms. The first-order valence-corrected chi connectivity index (χ1v) is 10.2. The summed E-state index contributed by atoms with van der Waals surface area (Å²) in [6.07, 6.45) is -10.0. The highest BCUT2D eigenvalue weighted by atomic mass is 19.4. The molecule has 0 aliphatic heterocycles. The molecule has 0 saturated carbocycles. The minimum atomic E-state index is -5.07. The van der Waals surface area contributed by atoms with E-state index < -0.39 is 41.6 Å². The molecule has 35 heavy (non-hydrogen) atoms. The molecule has 0 amide bonds. The van der Waals surface area contributed by atoms with Crippen LogP contribution in [-0.4, -0.2) is 15.6 Å². The summed E-state index contributed by atoms with van der Waals surface area (Å²) in [5.41, 5.74) is -2.53. The Morgan fingerprint density at radius 3 is 2.20 bits per heavy atom. The van der Waals surface area contributed by atoms with Gasteiger partial charge in [-0.05, 0) is 47.5 Å². The molecule has 0 spiro atoms. The van der Waals surface area contributed by atoms with Gasteiger partial charge in [-0.2, -0.15) is 26.3 Å². The van der Waals surface area contributed by atoms with E-state index in [9.17, 15) is 36.2 Å². The lowest BCUT2D eigenvalue weighted by Gasteiger charge is -2.17. The molecule has 0 fully saturated rings. The number of carboxylic acids is 1. The number of aromatic nitrogens is 1. The average Bonchev–Trinajstić information content (AvgIpc) is 3.15. The maximum atomic E-state index is 13.6. The van der Waals surface area contributed by atoms with Crippen molar-refractivity contribution in [1.82, 2.24) is 4.57 Å². The van der Waals surface area contributed by atoms with Gasteiger partial charge < -0.3 is 14.4 Å². The van der Waals surface area contributed by atoms with E-state index in [0.717, 1.165) is 16.2 Å². The Hall–Kier alpha value is -3.95. The fourth-order valence-electron chi connectivity index (χ4n) is 3.75. The monoisotopic (exact) mass is 493 g/mol. The van der Waals surface area contributed by atoms with E-state index >= 15 is 0 Å². The van der Waals surface area contributed by atoms with Crippen LogP contribution in [0.5, 0.6) is 5.75 Å². The van der Waals surface area contributed by atoms with Crippen LogP contribution in [0.15, 0.2) is 72.8 Å². The molecule has 0 radical (unpaired) electrons. The van der Waals surface area contributed by atoms with Crippen molar-refractivity contribution in [2.45, 2.75) is 25.5 Å². The first-order valence-electron chi connectivity index (χ1n) is 10.2. The Labute approximate surface area is 195 Å². The smallest absolute Gasteiger partial charge is 0.416 e. The van der Waals surface area contributed by atoms with Gasteiger partial charge >= 0.3 is 18.3 Å². The van der Waals surface area contributed by atoms with E-state index in [0.29, 0.717) is 22.7 Å². The molecule has 182 valence electrons. The van der Waals surface area contributed by atoms with Crippen molar-refractivity contribution in [3.63, 3.8) is 0 Å². The van der Waals surface area contributed by atoms with E-state index in [-0.39, 0.29) is 18.4 Å². The third kappa shape index (κ3) is 5.26. The maximum Gasteiger partial charge on any atom is 0.416 e. The molecule has 1 heterocycles.